The van der Waals surface area contributed by atoms with Gasteiger partial charge in [0.25, 0.3) is 0 Å². The summed E-state index contributed by atoms with van der Waals surface area (Å²) in [5.41, 5.74) is 1.91. The van der Waals surface area contributed by atoms with E-state index >= 15 is 0 Å². The van der Waals surface area contributed by atoms with Crippen LogP contribution in [0.25, 0.3) is 0 Å². The molecule has 0 amide bonds. The minimum absolute atomic E-state index is 0.353. The van der Waals surface area contributed by atoms with E-state index in [-0.39, 0.29) is 0 Å². The molecule has 2 rings (SSSR count). The van der Waals surface area contributed by atoms with E-state index in [1.54, 1.807) is 31.4 Å². The zero-order chi connectivity index (χ0) is 15.9. The molecule has 0 aliphatic rings. The van der Waals surface area contributed by atoms with Gasteiger partial charge in [-0.25, -0.2) is 0 Å². The molecule has 0 aliphatic heterocycles. The third-order valence-electron chi connectivity index (χ3n) is 3.51. The Bertz CT molecular complexity index is 602. The molecule has 2 aromatic rings. The van der Waals surface area contributed by atoms with Gasteiger partial charge in [-0.15, -0.1) is 0 Å². The number of hydrogen-bond donors (Lipinski definition) is 1. The summed E-state index contributed by atoms with van der Waals surface area (Å²) in [5.74, 6) is 0.0299. The molecule has 4 nitrogen and oxygen atoms in total. The Morgan fingerprint density at radius 1 is 1.05 bits per heavy atom. The number of carbonyl (C=O) groups is 1. The number of benzene rings is 2. The van der Waals surface area contributed by atoms with Gasteiger partial charge in [-0.3, -0.25) is 4.79 Å². The van der Waals surface area contributed by atoms with Gasteiger partial charge in [-0.1, -0.05) is 29.8 Å². The first-order valence-electron chi connectivity index (χ1n) is 7.16. The predicted molar refractivity (Wildman–Crippen MR) is 84.7 cm³/mol. The van der Waals surface area contributed by atoms with Crippen LogP contribution in [0.4, 0.5) is 0 Å². The monoisotopic (exact) mass is 300 g/mol. The van der Waals surface area contributed by atoms with Gasteiger partial charge in [0.1, 0.15) is 11.5 Å². The van der Waals surface area contributed by atoms with E-state index < -0.39 is 11.9 Å². The number of aliphatic carboxylic acids is 1. The molecule has 0 radical (unpaired) electrons. The molecule has 4 heteroatoms. The van der Waals surface area contributed by atoms with Gasteiger partial charge in [-0.05, 0) is 43.2 Å². The molecule has 22 heavy (non-hydrogen) atoms. The molecule has 116 valence electrons. The Kier molecular flexibility index (Phi) is 5.42. The molecule has 0 fully saturated rings. The van der Waals surface area contributed by atoms with Crippen molar-refractivity contribution in [1.29, 1.82) is 0 Å². The van der Waals surface area contributed by atoms with Crippen LogP contribution in [0.15, 0.2) is 48.5 Å². The van der Waals surface area contributed by atoms with Crippen molar-refractivity contribution in [2.75, 3.05) is 13.7 Å². The van der Waals surface area contributed by atoms with E-state index in [9.17, 15) is 9.90 Å². The molecule has 0 heterocycles. The molecule has 2 aromatic carbocycles. The quantitative estimate of drug-likeness (QED) is 0.848. The maximum atomic E-state index is 11.5. The first kappa shape index (κ1) is 15.9. The topological polar surface area (TPSA) is 55.8 Å². The summed E-state index contributed by atoms with van der Waals surface area (Å²) < 4.78 is 10.7. The van der Waals surface area contributed by atoms with Crippen LogP contribution in [-0.4, -0.2) is 24.8 Å². The van der Waals surface area contributed by atoms with Crippen molar-refractivity contribution in [2.45, 2.75) is 19.3 Å². The maximum absolute atomic E-state index is 11.5. The lowest BCUT2D eigenvalue weighted by Gasteiger charge is -2.14. The highest BCUT2D eigenvalue weighted by atomic mass is 16.5. The average Bonchev–Trinajstić information content (AvgIpc) is 2.53. The smallest absolute Gasteiger partial charge is 0.311 e. The number of hydrogen-bond acceptors (Lipinski definition) is 3. The summed E-state index contributed by atoms with van der Waals surface area (Å²) in [6, 6.07) is 14.8. The normalized spacial score (nSPS) is 11.7. The molecule has 0 aromatic heterocycles. The molecular weight excluding hydrogens is 280 g/mol. The van der Waals surface area contributed by atoms with Crippen molar-refractivity contribution in [3.63, 3.8) is 0 Å². The SMILES string of the molecule is COc1ccc(C(CCOc2ccc(C)cc2)C(=O)O)cc1. The summed E-state index contributed by atoms with van der Waals surface area (Å²) in [6.07, 6.45) is 0.412. The fourth-order valence-corrected chi connectivity index (χ4v) is 2.20. The van der Waals surface area contributed by atoms with Crippen LogP contribution < -0.4 is 9.47 Å². The zero-order valence-corrected chi connectivity index (χ0v) is 12.8. The van der Waals surface area contributed by atoms with Crippen molar-refractivity contribution in [2.24, 2.45) is 0 Å². The molecule has 1 unspecified atom stereocenters. The first-order valence-corrected chi connectivity index (χ1v) is 7.16. The maximum Gasteiger partial charge on any atom is 0.311 e. The van der Waals surface area contributed by atoms with Crippen LogP contribution in [-0.2, 0) is 4.79 Å². The fourth-order valence-electron chi connectivity index (χ4n) is 2.20. The summed E-state index contributed by atoms with van der Waals surface area (Å²) in [5, 5.41) is 9.40. The highest BCUT2D eigenvalue weighted by molar-refractivity contribution is 5.76. The van der Waals surface area contributed by atoms with E-state index in [4.69, 9.17) is 9.47 Å². The van der Waals surface area contributed by atoms with Crippen molar-refractivity contribution in [3.05, 3.63) is 59.7 Å². The molecule has 0 bridgehead atoms. The van der Waals surface area contributed by atoms with Crippen molar-refractivity contribution in [1.82, 2.24) is 0 Å². The summed E-state index contributed by atoms with van der Waals surface area (Å²) in [6.45, 7) is 2.36. The molecule has 1 N–H and O–H groups in total. The molecule has 0 spiro atoms. The lowest BCUT2D eigenvalue weighted by Crippen LogP contribution is -2.15. The van der Waals surface area contributed by atoms with Crippen molar-refractivity contribution in [3.8, 4) is 11.5 Å². The predicted octanol–water partition coefficient (Wildman–Crippen LogP) is 3.64. The number of aryl methyl sites for hydroxylation is 1. The first-order chi connectivity index (χ1) is 10.6. The van der Waals surface area contributed by atoms with Crippen LogP contribution in [0.2, 0.25) is 0 Å². The second-order valence-corrected chi connectivity index (χ2v) is 5.11. The lowest BCUT2D eigenvalue weighted by molar-refractivity contribution is -0.139. The van der Waals surface area contributed by atoms with Gasteiger partial charge < -0.3 is 14.6 Å². The van der Waals surface area contributed by atoms with Gasteiger partial charge in [0.2, 0.25) is 0 Å². The van der Waals surface area contributed by atoms with E-state index in [2.05, 4.69) is 0 Å². The number of carboxylic acids is 1. The highest BCUT2D eigenvalue weighted by Crippen LogP contribution is 2.23. The highest BCUT2D eigenvalue weighted by Gasteiger charge is 2.19. The fraction of sp³-hybridized carbons (Fsp3) is 0.278. The second-order valence-electron chi connectivity index (χ2n) is 5.11. The Morgan fingerprint density at radius 3 is 2.18 bits per heavy atom. The Hall–Kier alpha value is -2.49. The van der Waals surface area contributed by atoms with Gasteiger partial charge in [0.15, 0.2) is 0 Å². The summed E-state index contributed by atoms with van der Waals surface area (Å²) in [7, 11) is 1.58. The van der Waals surface area contributed by atoms with E-state index in [0.717, 1.165) is 16.9 Å². The Labute approximate surface area is 130 Å². The van der Waals surface area contributed by atoms with Gasteiger partial charge in [0, 0.05) is 0 Å². The van der Waals surface area contributed by atoms with Gasteiger partial charge >= 0.3 is 5.97 Å². The second kappa shape index (κ2) is 7.50. The van der Waals surface area contributed by atoms with E-state index in [1.165, 1.54) is 0 Å². The number of carboxylic acid groups (broad SMARTS) is 1. The number of ether oxygens (including phenoxy) is 2. The third-order valence-corrected chi connectivity index (χ3v) is 3.51. The number of methoxy groups -OCH3 is 1. The van der Waals surface area contributed by atoms with E-state index in [1.807, 2.05) is 31.2 Å². The van der Waals surface area contributed by atoms with Crippen LogP contribution in [0.1, 0.15) is 23.5 Å². The van der Waals surface area contributed by atoms with Gasteiger partial charge in [-0.2, -0.15) is 0 Å². The van der Waals surface area contributed by atoms with E-state index in [0.29, 0.717) is 18.8 Å². The molecule has 0 saturated carbocycles. The summed E-state index contributed by atoms with van der Waals surface area (Å²) in [4.78, 5) is 11.5. The largest absolute Gasteiger partial charge is 0.497 e. The molecule has 0 aliphatic carbocycles. The number of rotatable bonds is 7. The molecule has 1 atom stereocenters. The standard InChI is InChI=1S/C18H20O4/c1-13-3-7-16(8-4-13)22-12-11-17(18(19)20)14-5-9-15(21-2)10-6-14/h3-10,17H,11-12H2,1-2H3,(H,19,20). The zero-order valence-electron chi connectivity index (χ0n) is 12.8. The third kappa shape index (κ3) is 4.25. The Balaban J connectivity index is 1.96. The molecule has 0 saturated heterocycles. The molecular formula is C18H20O4. The minimum atomic E-state index is -0.849. The van der Waals surface area contributed by atoms with Gasteiger partial charge in [0.05, 0.1) is 19.6 Å². The van der Waals surface area contributed by atoms with Crippen molar-refractivity contribution < 1.29 is 19.4 Å². The minimum Gasteiger partial charge on any atom is -0.497 e. The summed E-state index contributed by atoms with van der Waals surface area (Å²) >= 11 is 0. The van der Waals surface area contributed by atoms with Crippen LogP contribution >= 0.6 is 0 Å². The van der Waals surface area contributed by atoms with Crippen LogP contribution in [0, 0.1) is 6.92 Å². The average molecular weight is 300 g/mol. The van der Waals surface area contributed by atoms with Crippen molar-refractivity contribution >= 4 is 5.97 Å². The van der Waals surface area contributed by atoms with Crippen LogP contribution in [0.5, 0.6) is 11.5 Å². The lowest BCUT2D eigenvalue weighted by atomic mass is 9.96. The van der Waals surface area contributed by atoms with Crippen LogP contribution in [0.3, 0.4) is 0 Å². The Morgan fingerprint density at radius 2 is 1.64 bits per heavy atom.